The fourth-order valence-corrected chi connectivity index (χ4v) is 5.25. The fourth-order valence-electron chi connectivity index (χ4n) is 5.25. The second-order valence-corrected chi connectivity index (χ2v) is 8.34. The Bertz CT molecular complexity index is 1250. The molecule has 29 heavy (non-hydrogen) atoms. The first-order valence-electron chi connectivity index (χ1n) is 9.72. The van der Waals surface area contributed by atoms with E-state index in [0.29, 0.717) is 22.6 Å². The van der Waals surface area contributed by atoms with Crippen molar-refractivity contribution < 1.29 is 19.4 Å². The molecule has 6 heteroatoms. The Morgan fingerprint density at radius 2 is 1.59 bits per heavy atom. The largest absolute Gasteiger partial charge is 0.494 e. The molecule has 2 atom stereocenters. The number of rotatable bonds is 2. The van der Waals surface area contributed by atoms with Gasteiger partial charge in [-0.3, -0.25) is 4.57 Å². The van der Waals surface area contributed by atoms with Crippen molar-refractivity contribution in [2.45, 2.75) is 37.9 Å². The van der Waals surface area contributed by atoms with Gasteiger partial charge in [0.2, 0.25) is 11.8 Å². The number of nitrogens with zero attached hydrogens (tertiary/aromatic N) is 2. The van der Waals surface area contributed by atoms with Crippen molar-refractivity contribution in [3.05, 3.63) is 60.1 Å². The van der Waals surface area contributed by atoms with E-state index in [9.17, 15) is 10.2 Å². The number of oxazole rings is 1. The van der Waals surface area contributed by atoms with E-state index < -0.39 is 11.2 Å². The summed E-state index contributed by atoms with van der Waals surface area (Å²) in [6.45, 7) is 3.97. The van der Waals surface area contributed by atoms with Crippen molar-refractivity contribution in [2.24, 2.45) is 0 Å². The van der Waals surface area contributed by atoms with Gasteiger partial charge in [-0.15, -0.1) is 0 Å². The molecule has 4 aromatic rings. The first-order valence-corrected chi connectivity index (χ1v) is 9.72. The van der Waals surface area contributed by atoms with Gasteiger partial charge in [-0.05, 0) is 44.2 Å². The summed E-state index contributed by atoms with van der Waals surface area (Å²) in [5, 5.41) is 24.2. The van der Waals surface area contributed by atoms with E-state index in [1.54, 1.807) is 10.8 Å². The van der Waals surface area contributed by atoms with E-state index in [1.807, 2.05) is 50.2 Å². The first kappa shape index (κ1) is 16.7. The lowest BCUT2D eigenvalue weighted by molar-refractivity contribution is -0.0683. The molecule has 0 amide bonds. The normalized spacial score (nSPS) is 25.0. The van der Waals surface area contributed by atoms with Crippen LogP contribution in [-0.2, 0) is 15.9 Å². The predicted octanol–water partition coefficient (Wildman–Crippen LogP) is 4.95. The van der Waals surface area contributed by atoms with Gasteiger partial charge in [0.15, 0.2) is 12.2 Å². The van der Waals surface area contributed by atoms with Crippen molar-refractivity contribution in [1.82, 2.24) is 9.55 Å². The van der Waals surface area contributed by atoms with Crippen LogP contribution in [0.5, 0.6) is 11.8 Å². The van der Waals surface area contributed by atoms with Crippen LogP contribution in [0.2, 0.25) is 0 Å². The van der Waals surface area contributed by atoms with Crippen molar-refractivity contribution in [3.8, 4) is 28.8 Å². The molecule has 2 N–H and O–H groups in total. The molecule has 6 nitrogen and oxygen atoms in total. The highest BCUT2D eigenvalue weighted by molar-refractivity contribution is 6.00. The summed E-state index contributed by atoms with van der Waals surface area (Å²) in [4.78, 5) is 4.02. The van der Waals surface area contributed by atoms with Crippen molar-refractivity contribution >= 4 is 10.8 Å². The van der Waals surface area contributed by atoms with E-state index in [1.165, 1.54) is 6.39 Å². The lowest BCUT2D eigenvalue weighted by Crippen LogP contribution is -2.17. The van der Waals surface area contributed by atoms with Crippen LogP contribution >= 0.6 is 0 Å². The lowest BCUT2D eigenvalue weighted by Gasteiger charge is -2.21. The Morgan fingerprint density at radius 1 is 0.931 bits per heavy atom. The van der Waals surface area contributed by atoms with Crippen molar-refractivity contribution in [1.29, 1.82) is 0 Å². The van der Waals surface area contributed by atoms with E-state index >= 15 is 0 Å². The van der Waals surface area contributed by atoms with Crippen LogP contribution < -0.4 is 0 Å². The van der Waals surface area contributed by atoms with Gasteiger partial charge in [0.05, 0.1) is 34.2 Å². The SMILES string of the molecule is C[C@]12CC[C@](C)(O1)c1c2c(O)n(-c2ccc(-c3cnco3)c3ccccc23)c1O. The first-order chi connectivity index (χ1) is 13.9. The standard InChI is InChI=1S/C23H20N2O4/c1-22-9-10-23(2,29-22)19-18(22)20(26)25(21(19)27)16-8-7-15(17-11-24-12-28-17)13-5-3-4-6-14(13)16/h3-8,11-12,26-27H,9-10H2,1-2H3/t22-,23+. The molecule has 0 unspecified atom stereocenters. The summed E-state index contributed by atoms with van der Waals surface area (Å²) >= 11 is 0. The average Bonchev–Trinajstić information content (AvgIpc) is 3.44. The minimum atomic E-state index is -0.577. The van der Waals surface area contributed by atoms with Crippen LogP contribution in [-0.4, -0.2) is 19.8 Å². The molecule has 0 saturated carbocycles. The molecule has 2 aromatic carbocycles. The zero-order valence-electron chi connectivity index (χ0n) is 16.1. The minimum absolute atomic E-state index is 0.0426. The Morgan fingerprint density at radius 3 is 2.21 bits per heavy atom. The molecule has 1 saturated heterocycles. The molecule has 2 aliphatic rings. The van der Waals surface area contributed by atoms with Gasteiger partial charge in [-0.1, -0.05) is 24.3 Å². The summed E-state index contributed by atoms with van der Waals surface area (Å²) in [5.41, 5.74) is 1.86. The minimum Gasteiger partial charge on any atom is -0.494 e. The van der Waals surface area contributed by atoms with Gasteiger partial charge in [0, 0.05) is 10.9 Å². The molecule has 0 radical (unpaired) electrons. The zero-order valence-corrected chi connectivity index (χ0v) is 16.1. The van der Waals surface area contributed by atoms with Crippen LogP contribution in [0.15, 0.2) is 53.4 Å². The summed E-state index contributed by atoms with van der Waals surface area (Å²) in [6.07, 6.45) is 4.72. The van der Waals surface area contributed by atoms with Crippen LogP contribution in [0.25, 0.3) is 27.8 Å². The summed E-state index contributed by atoms with van der Waals surface area (Å²) < 4.78 is 13.3. The molecule has 4 heterocycles. The molecule has 2 bridgehead atoms. The summed E-state index contributed by atoms with van der Waals surface area (Å²) in [6, 6.07) is 11.7. The zero-order chi connectivity index (χ0) is 20.0. The van der Waals surface area contributed by atoms with Gasteiger partial charge in [-0.25, -0.2) is 4.98 Å². The maximum absolute atomic E-state index is 11.2. The maximum Gasteiger partial charge on any atom is 0.205 e. The molecular formula is C23H20N2O4. The number of aromatic nitrogens is 2. The Kier molecular flexibility index (Phi) is 3.00. The molecule has 6 rings (SSSR count). The molecule has 0 aliphatic carbocycles. The third-order valence-corrected chi connectivity index (χ3v) is 6.55. The van der Waals surface area contributed by atoms with E-state index in [4.69, 9.17) is 9.15 Å². The van der Waals surface area contributed by atoms with Crippen molar-refractivity contribution in [2.75, 3.05) is 0 Å². The second kappa shape index (κ2) is 5.21. The Labute approximate surface area is 167 Å². The van der Waals surface area contributed by atoms with Gasteiger partial charge in [0.25, 0.3) is 0 Å². The van der Waals surface area contributed by atoms with Crippen LogP contribution in [0.1, 0.15) is 37.8 Å². The number of ether oxygens (including phenoxy) is 1. The van der Waals surface area contributed by atoms with Crippen LogP contribution in [0.4, 0.5) is 0 Å². The lowest BCUT2D eigenvalue weighted by atomic mass is 9.80. The highest BCUT2D eigenvalue weighted by Crippen LogP contribution is 2.64. The summed E-state index contributed by atoms with van der Waals surface area (Å²) in [7, 11) is 0. The number of aromatic hydroxyl groups is 2. The van der Waals surface area contributed by atoms with Gasteiger partial charge >= 0.3 is 0 Å². The molecule has 2 aromatic heterocycles. The summed E-state index contributed by atoms with van der Waals surface area (Å²) in [5.74, 6) is 0.754. The maximum atomic E-state index is 11.2. The van der Waals surface area contributed by atoms with E-state index in [-0.39, 0.29) is 11.8 Å². The smallest absolute Gasteiger partial charge is 0.205 e. The Balaban J connectivity index is 1.65. The quantitative estimate of drug-likeness (QED) is 0.508. The highest BCUT2D eigenvalue weighted by Gasteiger charge is 2.59. The van der Waals surface area contributed by atoms with Crippen LogP contribution in [0.3, 0.4) is 0 Å². The second-order valence-electron chi connectivity index (χ2n) is 8.34. The van der Waals surface area contributed by atoms with Crippen molar-refractivity contribution in [3.63, 3.8) is 0 Å². The number of hydrogen-bond donors (Lipinski definition) is 2. The molecule has 146 valence electrons. The van der Waals surface area contributed by atoms with Gasteiger partial charge < -0.3 is 19.4 Å². The third kappa shape index (κ3) is 1.96. The average molecular weight is 388 g/mol. The highest BCUT2D eigenvalue weighted by atomic mass is 16.5. The monoisotopic (exact) mass is 388 g/mol. The molecule has 0 spiro atoms. The van der Waals surface area contributed by atoms with Crippen LogP contribution in [0, 0.1) is 0 Å². The number of benzene rings is 2. The molecular weight excluding hydrogens is 368 g/mol. The van der Waals surface area contributed by atoms with Gasteiger partial charge in [0.1, 0.15) is 0 Å². The Hall–Kier alpha value is -3.25. The predicted molar refractivity (Wildman–Crippen MR) is 107 cm³/mol. The number of hydrogen-bond acceptors (Lipinski definition) is 5. The fraction of sp³-hybridized carbons (Fsp3) is 0.261. The van der Waals surface area contributed by atoms with E-state index in [2.05, 4.69) is 4.98 Å². The molecule has 1 fully saturated rings. The van der Waals surface area contributed by atoms with Gasteiger partial charge in [-0.2, -0.15) is 0 Å². The third-order valence-electron chi connectivity index (χ3n) is 6.55. The molecule has 2 aliphatic heterocycles. The topological polar surface area (TPSA) is 80.7 Å². The number of fused-ring (bicyclic) bond motifs is 6. The van der Waals surface area contributed by atoms with E-state index in [0.717, 1.165) is 29.2 Å².